The van der Waals surface area contributed by atoms with Crippen LogP contribution in [0.3, 0.4) is 0 Å². The first kappa shape index (κ1) is 66.7. The number of carbonyl (C=O) groups excluding carboxylic acids is 6. The Kier molecular flexibility index (Phi) is 25.7. The first-order valence-electron chi connectivity index (χ1n) is 26.3. The van der Waals surface area contributed by atoms with E-state index in [1.807, 2.05) is 159 Å². The Labute approximate surface area is 447 Å². The van der Waals surface area contributed by atoms with E-state index >= 15 is 0 Å². The van der Waals surface area contributed by atoms with Crippen LogP contribution in [-0.4, -0.2) is 123 Å². The number of aryl methyl sites for hydroxylation is 2. The van der Waals surface area contributed by atoms with Gasteiger partial charge in [-0.15, -0.1) is 0 Å². The highest BCUT2D eigenvalue weighted by atomic mass is 16.5. The topological polar surface area (TPSA) is 175 Å². The molecule has 4 N–H and O–H groups in total. The second kappa shape index (κ2) is 28.5. The van der Waals surface area contributed by atoms with Crippen molar-refractivity contribution < 1.29 is 38.2 Å². The van der Waals surface area contributed by atoms with Crippen LogP contribution in [0.15, 0.2) is 71.8 Å². The monoisotopic (exact) mass is 1030 g/mol. The average Bonchev–Trinajstić information content (AvgIpc) is 3.29. The van der Waals surface area contributed by atoms with E-state index in [1.54, 1.807) is 77.8 Å². The molecule has 2 rings (SSSR count). The van der Waals surface area contributed by atoms with Crippen molar-refractivity contribution in [1.82, 2.24) is 31.1 Å². The lowest BCUT2D eigenvalue weighted by Crippen LogP contribution is -2.61. The van der Waals surface area contributed by atoms with E-state index < -0.39 is 57.8 Å². The zero-order valence-corrected chi connectivity index (χ0v) is 50.0. The normalized spacial score (nSPS) is 15.1. The third-order valence-corrected chi connectivity index (χ3v) is 14.0. The molecule has 0 saturated heterocycles. The van der Waals surface area contributed by atoms with Gasteiger partial charge in [-0.1, -0.05) is 158 Å². The maximum absolute atomic E-state index is 13.9. The Balaban J connectivity index is 0.000000740. The van der Waals surface area contributed by atoms with E-state index in [9.17, 15) is 28.8 Å². The number of nitrogens with zero attached hydrogens (tertiary/aromatic N) is 2. The summed E-state index contributed by atoms with van der Waals surface area (Å²) in [4.78, 5) is 82.9. The number of esters is 2. The van der Waals surface area contributed by atoms with Crippen LogP contribution in [0.5, 0.6) is 0 Å². The standard InChI is InChI=1S/2C30H49N3O4/c2*1-13-37-28(36)21(5)18-23(19(2)3)33(12)27(35)25(29(6,7)8)32-26(34)24(31-11)30(9,10)22-17-15-14-16-20(22)4/h2*14-19,23-25,31H,13H2,1-12H3,(H,32,34)/b2*21-18+/t23-,24+,25-;23-,24-,25-/m11/s1. The van der Waals surface area contributed by atoms with Gasteiger partial charge in [0.1, 0.15) is 12.1 Å². The molecule has 2 aromatic rings. The summed E-state index contributed by atoms with van der Waals surface area (Å²) in [5.74, 6) is -1.62. The van der Waals surface area contributed by atoms with Crippen LogP contribution >= 0.6 is 0 Å². The number of rotatable bonds is 22. The van der Waals surface area contributed by atoms with Crippen LogP contribution in [0.25, 0.3) is 0 Å². The number of hydrogen-bond donors (Lipinski definition) is 4. The number of carbonyl (C=O) groups is 6. The SMILES string of the molecule is CCOC(=O)/C(C)=C/[C@H](C(C)C)N(C)C(=O)[C@@H](NC(=O)[C@@H](NC)C(C)(C)c1ccccc1C)C(C)(C)C.CCOC(=O)/C(C)=C/[C@H](C(C)C)N(C)C(=O)[C@@H](NC(=O)[C@H](NC)C(C)(C)c1ccccc1C)C(C)(C)C. The summed E-state index contributed by atoms with van der Waals surface area (Å²) in [6.45, 7) is 39.3. The van der Waals surface area contributed by atoms with Crippen molar-refractivity contribution in [1.29, 1.82) is 0 Å². The fourth-order valence-corrected chi connectivity index (χ4v) is 9.63. The van der Waals surface area contributed by atoms with Crippen molar-refractivity contribution in [2.75, 3.05) is 41.4 Å². The largest absolute Gasteiger partial charge is 0.463 e. The van der Waals surface area contributed by atoms with Gasteiger partial charge < -0.3 is 40.5 Å². The molecule has 0 radical (unpaired) electrons. The fraction of sp³-hybridized carbons (Fsp3) is 0.633. The maximum atomic E-state index is 13.9. The lowest BCUT2D eigenvalue weighted by molar-refractivity contribution is -0.141. The first-order chi connectivity index (χ1) is 34.0. The van der Waals surface area contributed by atoms with Gasteiger partial charge in [0, 0.05) is 36.1 Å². The second-order valence-electron chi connectivity index (χ2n) is 23.6. The third kappa shape index (κ3) is 17.9. The Morgan fingerprint density at radius 3 is 1.04 bits per heavy atom. The van der Waals surface area contributed by atoms with Crippen molar-refractivity contribution in [3.63, 3.8) is 0 Å². The highest BCUT2D eigenvalue weighted by Gasteiger charge is 2.44. The van der Waals surface area contributed by atoms with Crippen molar-refractivity contribution in [2.45, 2.75) is 186 Å². The van der Waals surface area contributed by atoms with Crippen LogP contribution in [0.2, 0.25) is 0 Å². The fourth-order valence-electron chi connectivity index (χ4n) is 9.63. The highest BCUT2D eigenvalue weighted by Crippen LogP contribution is 2.33. The molecular weight excluding hydrogens is 933 g/mol. The molecule has 2 aromatic carbocycles. The summed E-state index contributed by atoms with van der Waals surface area (Å²) in [6.07, 6.45) is 3.56. The molecule has 0 fully saturated rings. The van der Waals surface area contributed by atoms with Crippen molar-refractivity contribution in [2.24, 2.45) is 22.7 Å². The predicted molar refractivity (Wildman–Crippen MR) is 300 cm³/mol. The molecule has 0 aliphatic rings. The maximum Gasteiger partial charge on any atom is 0.333 e. The summed E-state index contributed by atoms with van der Waals surface area (Å²) >= 11 is 0. The minimum absolute atomic E-state index is 0.0414. The molecule has 0 aromatic heterocycles. The van der Waals surface area contributed by atoms with Crippen LogP contribution in [0, 0.1) is 36.5 Å². The van der Waals surface area contributed by atoms with Crippen LogP contribution in [-0.2, 0) is 49.1 Å². The molecule has 74 heavy (non-hydrogen) atoms. The molecule has 4 amide bonds. The molecule has 0 bridgehead atoms. The van der Waals surface area contributed by atoms with Crippen molar-refractivity contribution >= 4 is 35.6 Å². The summed E-state index contributed by atoms with van der Waals surface area (Å²) in [5.41, 5.74) is 3.10. The van der Waals surface area contributed by atoms with Crippen LogP contribution < -0.4 is 21.3 Å². The van der Waals surface area contributed by atoms with Crippen molar-refractivity contribution in [3.05, 3.63) is 94.1 Å². The van der Waals surface area contributed by atoms with Gasteiger partial charge in [-0.25, -0.2) is 9.59 Å². The molecule has 0 aliphatic carbocycles. The minimum Gasteiger partial charge on any atom is -0.463 e. The predicted octanol–water partition coefficient (Wildman–Crippen LogP) is 8.77. The molecule has 416 valence electrons. The van der Waals surface area contributed by atoms with E-state index in [1.165, 1.54) is 0 Å². The lowest BCUT2D eigenvalue weighted by atomic mass is 9.75. The van der Waals surface area contributed by atoms with E-state index in [-0.39, 0.29) is 60.8 Å². The third-order valence-electron chi connectivity index (χ3n) is 14.0. The molecule has 14 heteroatoms. The van der Waals surface area contributed by atoms with Crippen LogP contribution in [0.4, 0.5) is 0 Å². The zero-order valence-electron chi connectivity index (χ0n) is 50.0. The molecular formula is C60H98N6O8. The summed E-state index contributed by atoms with van der Waals surface area (Å²) in [6, 6.07) is 12.7. The smallest absolute Gasteiger partial charge is 0.333 e. The number of ether oxygens (including phenoxy) is 2. The minimum atomic E-state index is -0.772. The van der Waals surface area contributed by atoms with Gasteiger partial charge >= 0.3 is 11.9 Å². The second-order valence-corrected chi connectivity index (χ2v) is 23.6. The molecule has 0 spiro atoms. The first-order valence-corrected chi connectivity index (χ1v) is 26.3. The summed E-state index contributed by atoms with van der Waals surface area (Å²) in [7, 11) is 6.98. The number of amides is 4. The average molecular weight is 1030 g/mol. The van der Waals surface area contributed by atoms with Gasteiger partial charge in [0.25, 0.3) is 0 Å². The van der Waals surface area contributed by atoms with Gasteiger partial charge in [-0.3, -0.25) is 19.2 Å². The van der Waals surface area contributed by atoms with E-state index in [0.717, 1.165) is 22.3 Å². The van der Waals surface area contributed by atoms with E-state index in [0.29, 0.717) is 11.1 Å². The zero-order chi connectivity index (χ0) is 57.4. The van der Waals surface area contributed by atoms with Gasteiger partial charge in [0.2, 0.25) is 23.6 Å². The molecule has 14 nitrogen and oxygen atoms in total. The van der Waals surface area contributed by atoms with Crippen molar-refractivity contribution in [3.8, 4) is 0 Å². The summed E-state index contributed by atoms with van der Waals surface area (Å²) in [5, 5.41) is 12.5. The number of hydrogen-bond acceptors (Lipinski definition) is 10. The molecule has 6 atom stereocenters. The molecule has 0 unspecified atom stereocenters. The Bertz CT molecular complexity index is 2110. The molecule has 0 heterocycles. The van der Waals surface area contributed by atoms with Gasteiger partial charge in [-0.2, -0.15) is 0 Å². The lowest BCUT2D eigenvalue weighted by Gasteiger charge is -2.40. The van der Waals surface area contributed by atoms with Gasteiger partial charge in [0.15, 0.2) is 0 Å². The van der Waals surface area contributed by atoms with Gasteiger partial charge in [-0.05, 0) is 101 Å². The number of likely N-dealkylation sites (N-methyl/N-ethyl adjacent to an activating group) is 4. The Hall–Kier alpha value is -5.34. The summed E-state index contributed by atoms with van der Waals surface area (Å²) < 4.78 is 10.2. The highest BCUT2D eigenvalue weighted by molar-refractivity contribution is 5.93. The Morgan fingerprint density at radius 1 is 0.527 bits per heavy atom. The Morgan fingerprint density at radius 2 is 0.811 bits per heavy atom. The van der Waals surface area contributed by atoms with E-state index in [2.05, 4.69) is 21.3 Å². The van der Waals surface area contributed by atoms with Gasteiger partial charge in [0.05, 0.1) is 37.4 Å². The quantitative estimate of drug-likeness (QED) is 0.0659. The number of nitrogens with one attached hydrogen (secondary N) is 4. The van der Waals surface area contributed by atoms with Crippen LogP contribution in [0.1, 0.15) is 147 Å². The van der Waals surface area contributed by atoms with E-state index in [4.69, 9.17) is 9.47 Å². The number of benzene rings is 2. The molecule has 0 aliphatic heterocycles. The molecule has 0 saturated carbocycles.